The molecule has 37 heavy (non-hydrogen) atoms. The lowest BCUT2D eigenvalue weighted by atomic mass is 10.1. The highest BCUT2D eigenvalue weighted by molar-refractivity contribution is 6.57. The summed E-state index contributed by atoms with van der Waals surface area (Å²) in [6, 6.07) is 0. The molecule has 4 radical (unpaired) electrons. The molecule has 208 valence electrons. The van der Waals surface area contributed by atoms with Crippen LogP contribution in [0.15, 0.2) is 0 Å². The Morgan fingerprint density at radius 2 is 1.22 bits per heavy atom. The van der Waals surface area contributed by atoms with Gasteiger partial charge >= 0.3 is 17.9 Å². The summed E-state index contributed by atoms with van der Waals surface area (Å²) in [5.74, 6) is -1.20. The van der Waals surface area contributed by atoms with E-state index in [2.05, 4.69) is 14.8 Å². The summed E-state index contributed by atoms with van der Waals surface area (Å²) in [6.45, 7) is 4.31. The summed E-state index contributed by atoms with van der Waals surface area (Å²) in [5, 5.41) is 11.7. The van der Waals surface area contributed by atoms with Crippen molar-refractivity contribution in [3.63, 3.8) is 0 Å². The van der Waals surface area contributed by atoms with Gasteiger partial charge in [-0.3, -0.25) is 24.0 Å². The van der Waals surface area contributed by atoms with Gasteiger partial charge < -0.3 is 29.7 Å². The second-order valence-electron chi connectivity index (χ2n) is 8.90. The Bertz CT molecular complexity index is 745. The van der Waals surface area contributed by atoms with Gasteiger partial charge in [-0.15, -0.1) is 24.8 Å². The number of nitrogens with zero attached hydrogens (tertiary/aromatic N) is 2. The molecule has 2 amide bonds. The van der Waals surface area contributed by atoms with Crippen LogP contribution < -0.4 is 5.32 Å². The SMILES string of the molecule is COC(=O)CC1CCNC1.Cl.Cl.[B]C(=O)N1CCC(CC(=O)O)C1.[B]C(=O)N1CCC(CC(=O)OC)C1. The summed E-state index contributed by atoms with van der Waals surface area (Å²) < 4.78 is 9.08. The Kier molecular flexibility index (Phi) is 20.1. The number of carbonyl (C=O) groups excluding carboxylic acids is 4. The van der Waals surface area contributed by atoms with Gasteiger partial charge in [0, 0.05) is 39.0 Å². The Morgan fingerprint density at radius 3 is 1.54 bits per heavy atom. The second-order valence-corrected chi connectivity index (χ2v) is 8.90. The predicted molar refractivity (Wildman–Crippen MR) is 143 cm³/mol. The second kappa shape index (κ2) is 20.0. The quantitative estimate of drug-likeness (QED) is 0.360. The summed E-state index contributed by atoms with van der Waals surface area (Å²) >= 11 is 0. The fraction of sp³-hybridized carbons (Fsp3) is 0.773. The van der Waals surface area contributed by atoms with Crippen LogP contribution in [0.3, 0.4) is 0 Å². The van der Waals surface area contributed by atoms with E-state index >= 15 is 0 Å². The van der Waals surface area contributed by atoms with Crippen molar-refractivity contribution in [2.75, 3.05) is 53.5 Å². The van der Waals surface area contributed by atoms with Crippen molar-refractivity contribution in [2.24, 2.45) is 17.8 Å². The predicted octanol–water partition coefficient (Wildman–Crippen LogP) is 1.23. The van der Waals surface area contributed by atoms with Crippen LogP contribution in [0.5, 0.6) is 0 Å². The number of likely N-dealkylation sites (tertiary alicyclic amines) is 2. The molecule has 3 atom stereocenters. The molecule has 3 unspecified atom stereocenters. The van der Waals surface area contributed by atoms with Crippen LogP contribution in [-0.2, 0) is 23.9 Å². The fourth-order valence-electron chi connectivity index (χ4n) is 4.17. The molecule has 0 saturated carbocycles. The molecule has 0 aromatic rings. The van der Waals surface area contributed by atoms with Crippen LogP contribution in [0.1, 0.15) is 38.5 Å². The maximum absolute atomic E-state index is 10.9. The minimum atomic E-state index is -0.814. The van der Waals surface area contributed by atoms with Crippen molar-refractivity contribution in [1.82, 2.24) is 15.1 Å². The number of aliphatic carboxylic acids is 1. The number of rotatable bonds is 6. The molecule has 2 N–H and O–H groups in total. The van der Waals surface area contributed by atoms with Crippen LogP contribution in [0, 0.1) is 17.8 Å². The Balaban J connectivity index is 0. The number of halogens is 2. The van der Waals surface area contributed by atoms with Gasteiger partial charge in [0.25, 0.3) is 0 Å². The van der Waals surface area contributed by atoms with Gasteiger partial charge in [-0.2, -0.15) is 0 Å². The zero-order valence-corrected chi connectivity index (χ0v) is 23.0. The van der Waals surface area contributed by atoms with Crippen LogP contribution in [0.25, 0.3) is 0 Å². The monoisotopic (exact) mass is 563 g/mol. The number of amides is 2. The first-order chi connectivity index (χ1) is 16.5. The summed E-state index contributed by atoms with van der Waals surface area (Å²) in [4.78, 5) is 56.3. The lowest BCUT2D eigenvalue weighted by Crippen LogP contribution is -2.27. The van der Waals surface area contributed by atoms with E-state index < -0.39 is 17.6 Å². The van der Waals surface area contributed by atoms with E-state index in [1.165, 1.54) is 19.1 Å². The van der Waals surface area contributed by atoms with Gasteiger partial charge in [0.05, 0.1) is 20.6 Å². The number of methoxy groups -OCH3 is 2. The first kappa shape index (κ1) is 37.2. The van der Waals surface area contributed by atoms with Gasteiger partial charge in [-0.25, -0.2) is 0 Å². The van der Waals surface area contributed by atoms with Crippen LogP contribution in [-0.4, -0.2) is 114 Å². The van der Waals surface area contributed by atoms with Gasteiger partial charge in [-0.05, 0) is 50.1 Å². The third kappa shape index (κ3) is 15.8. The molecule has 0 aromatic carbocycles. The van der Waals surface area contributed by atoms with E-state index in [0.717, 1.165) is 32.4 Å². The summed E-state index contributed by atoms with van der Waals surface area (Å²) in [7, 11) is 12.9. The van der Waals surface area contributed by atoms with E-state index in [0.29, 0.717) is 44.9 Å². The minimum absolute atomic E-state index is 0. The lowest BCUT2D eigenvalue weighted by Gasteiger charge is -2.13. The minimum Gasteiger partial charge on any atom is -0.481 e. The third-order valence-electron chi connectivity index (χ3n) is 6.19. The average Bonchev–Trinajstić information content (AvgIpc) is 3.56. The molecule has 3 saturated heterocycles. The molecular weight excluding hydrogens is 527 g/mol. The number of ether oxygens (including phenoxy) is 2. The van der Waals surface area contributed by atoms with Gasteiger partial charge in [0.15, 0.2) is 11.6 Å². The maximum atomic E-state index is 10.9. The van der Waals surface area contributed by atoms with E-state index in [4.69, 9.17) is 20.8 Å². The van der Waals surface area contributed by atoms with Crippen molar-refractivity contribution in [2.45, 2.75) is 38.5 Å². The molecule has 3 rings (SSSR count). The fourth-order valence-corrected chi connectivity index (χ4v) is 4.17. The lowest BCUT2D eigenvalue weighted by molar-refractivity contribution is -0.142. The molecule has 3 aliphatic rings. The number of hydrogen-bond acceptors (Lipinski definition) is 8. The van der Waals surface area contributed by atoms with E-state index in [1.807, 2.05) is 0 Å². The highest BCUT2D eigenvalue weighted by Gasteiger charge is 2.26. The van der Waals surface area contributed by atoms with Gasteiger partial charge in [-0.1, -0.05) is 0 Å². The van der Waals surface area contributed by atoms with Gasteiger partial charge in [0.1, 0.15) is 0 Å². The molecular formula is C22H37B2Cl2N3O8. The largest absolute Gasteiger partial charge is 0.481 e. The van der Waals surface area contributed by atoms with Crippen LogP contribution >= 0.6 is 24.8 Å². The summed E-state index contributed by atoms with van der Waals surface area (Å²) in [6.07, 6.45) is 3.76. The molecule has 3 aliphatic heterocycles. The Morgan fingerprint density at radius 1 is 0.784 bits per heavy atom. The first-order valence-corrected chi connectivity index (χ1v) is 11.7. The maximum Gasteiger partial charge on any atom is 0.305 e. The number of esters is 2. The Hall–Kier alpha value is -1.98. The highest BCUT2D eigenvalue weighted by atomic mass is 35.5. The van der Waals surface area contributed by atoms with Crippen molar-refractivity contribution >= 4 is 70.0 Å². The summed E-state index contributed by atoms with van der Waals surface area (Å²) in [5.41, 5.74) is 0. The number of carboxylic acids is 1. The first-order valence-electron chi connectivity index (χ1n) is 11.7. The smallest absolute Gasteiger partial charge is 0.305 e. The number of carbonyl (C=O) groups is 5. The van der Waals surface area contributed by atoms with Gasteiger partial charge in [0.2, 0.25) is 15.7 Å². The molecule has 3 fully saturated rings. The highest BCUT2D eigenvalue weighted by Crippen LogP contribution is 2.20. The van der Waals surface area contributed by atoms with E-state index in [1.54, 1.807) is 4.90 Å². The molecule has 15 heteroatoms. The zero-order valence-electron chi connectivity index (χ0n) is 21.4. The molecule has 0 aliphatic carbocycles. The standard InChI is InChI=1S/C8H12BNO3.C7H10BNO3.C7H13NO2.2ClH/c1-13-7(11)4-6-2-3-10(5-6)8(9)12;8-7(12)9-2-1-5(4-9)3-6(10)11;1-10-7(9)4-6-2-3-8-5-6;;/h6H,2-5H2,1H3;5H,1-4H2,(H,10,11);6,8H,2-5H2,1H3;2*1H. The van der Waals surface area contributed by atoms with Crippen molar-refractivity contribution in [3.05, 3.63) is 0 Å². The van der Waals surface area contributed by atoms with Crippen LogP contribution in [0.2, 0.25) is 0 Å². The molecule has 0 bridgehead atoms. The third-order valence-corrected chi connectivity index (χ3v) is 6.19. The molecule has 11 nitrogen and oxygen atoms in total. The molecule has 0 aromatic heterocycles. The van der Waals surface area contributed by atoms with E-state index in [9.17, 15) is 24.0 Å². The topological polar surface area (TPSA) is 143 Å². The van der Waals surface area contributed by atoms with Crippen molar-refractivity contribution < 1.29 is 38.6 Å². The average molecular weight is 564 g/mol. The molecule has 0 spiro atoms. The number of hydrogen-bond donors (Lipinski definition) is 2. The van der Waals surface area contributed by atoms with Crippen molar-refractivity contribution in [3.8, 4) is 0 Å². The van der Waals surface area contributed by atoms with Crippen molar-refractivity contribution in [1.29, 1.82) is 0 Å². The van der Waals surface area contributed by atoms with E-state index in [-0.39, 0.29) is 55.0 Å². The normalized spacial score (nSPS) is 21.6. The Labute approximate surface area is 233 Å². The number of carboxylic acid groups (broad SMARTS) is 1. The zero-order chi connectivity index (χ0) is 26.4. The van der Waals surface area contributed by atoms with Crippen LogP contribution in [0.4, 0.5) is 9.59 Å². The number of nitrogens with one attached hydrogen (secondary N) is 1. The molecule has 3 heterocycles.